The maximum absolute atomic E-state index is 11.3. The van der Waals surface area contributed by atoms with Crippen LogP contribution in [0.3, 0.4) is 0 Å². The highest BCUT2D eigenvalue weighted by Crippen LogP contribution is 2.09. The first kappa shape index (κ1) is 12.2. The number of likely N-dealkylation sites (N-methyl/N-ethyl adjacent to an activating group) is 1. The SMILES string of the molecule is C[C@H](Cc1ccccc1)N(C)S(C)(=O)=O. The van der Waals surface area contributed by atoms with Crippen LogP contribution in [0, 0.1) is 0 Å². The molecule has 0 amide bonds. The number of hydrogen-bond acceptors (Lipinski definition) is 2. The lowest BCUT2D eigenvalue weighted by Gasteiger charge is -2.22. The van der Waals surface area contributed by atoms with Gasteiger partial charge in [-0.3, -0.25) is 0 Å². The molecule has 4 heteroatoms. The van der Waals surface area contributed by atoms with Crippen molar-refractivity contribution in [2.24, 2.45) is 0 Å². The Morgan fingerprint density at radius 2 is 1.80 bits per heavy atom. The van der Waals surface area contributed by atoms with E-state index in [4.69, 9.17) is 0 Å². The molecule has 0 unspecified atom stereocenters. The molecule has 0 aromatic heterocycles. The molecule has 0 fully saturated rings. The maximum atomic E-state index is 11.3. The Labute approximate surface area is 91.8 Å². The normalized spacial score (nSPS) is 14.1. The molecular weight excluding hydrogens is 210 g/mol. The Balaban J connectivity index is 2.68. The first-order valence-corrected chi connectivity index (χ1v) is 6.73. The molecule has 1 aromatic rings. The van der Waals surface area contributed by atoms with E-state index in [0.717, 1.165) is 12.0 Å². The quantitative estimate of drug-likeness (QED) is 0.782. The molecule has 0 aliphatic heterocycles. The predicted molar refractivity (Wildman–Crippen MR) is 62.2 cm³/mol. The van der Waals surface area contributed by atoms with E-state index in [9.17, 15) is 8.42 Å². The van der Waals surface area contributed by atoms with Gasteiger partial charge >= 0.3 is 0 Å². The molecule has 0 N–H and O–H groups in total. The summed E-state index contributed by atoms with van der Waals surface area (Å²) in [6, 6.07) is 9.88. The fourth-order valence-corrected chi connectivity index (χ4v) is 2.14. The van der Waals surface area contributed by atoms with Crippen LogP contribution in [-0.2, 0) is 16.4 Å². The third-order valence-corrected chi connectivity index (χ3v) is 3.92. The number of nitrogens with zero attached hydrogens (tertiary/aromatic N) is 1. The highest BCUT2D eigenvalue weighted by atomic mass is 32.2. The van der Waals surface area contributed by atoms with Gasteiger partial charge in [-0.25, -0.2) is 12.7 Å². The summed E-state index contributed by atoms with van der Waals surface area (Å²) in [4.78, 5) is 0. The van der Waals surface area contributed by atoms with Gasteiger partial charge in [-0.1, -0.05) is 30.3 Å². The number of rotatable bonds is 4. The van der Waals surface area contributed by atoms with Crippen molar-refractivity contribution in [3.05, 3.63) is 35.9 Å². The van der Waals surface area contributed by atoms with Crippen molar-refractivity contribution < 1.29 is 8.42 Å². The molecule has 0 saturated heterocycles. The van der Waals surface area contributed by atoms with Crippen LogP contribution in [-0.4, -0.2) is 32.1 Å². The molecule has 0 saturated carbocycles. The number of benzene rings is 1. The van der Waals surface area contributed by atoms with E-state index in [1.54, 1.807) is 7.05 Å². The molecular formula is C11H17NO2S. The minimum absolute atomic E-state index is 0.0117. The van der Waals surface area contributed by atoms with Crippen molar-refractivity contribution in [2.75, 3.05) is 13.3 Å². The topological polar surface area (TPSA) is 37.4 Å². The second-order valence-corrected chi connectivity index (χ2v) is 5.86. The van der Waals surface area contributed by atoms with Crippen LogP contribution in [0.25, 0.3) is 0 Å². The van der Waals surface area contributed by atoms with Crippen molar-refractivity contribution in [3.63, 3.8) is 0 Å². The average Bonchev–Trinajstić information content (AvgIpc) is 2.16. The van der Waals surface area contributed by atoms with E-state index in [2.05, 4.69) is 0 Å². The van der Waals surface area contributed by atoms with E-state index in [0.29, 0.717) is 0 Å². The van der Waals surface area contributed by atoms with Crippen LogP contribution in [0.1, 0.15) is 12.5 Å². The Kier molecular flexibility index (Phi) is 3.88. The zero-order chi connectivity index (χ0) is 11.5. The lowest BCUT2D eigenvalue weighted by atomic mass is 10.1. The summed E-state index contributed by atoms with van der Waals surface area (Å²) < 4.78 is 24.0. The first-order chi connectivity index (χ1) is 6.91. The highest BCUT2D eigenvalue weighted by Gasteiger charge is 2.18. The molecule has 84 valence electrons. The summed E-state index contributed by atoms with van der Waals surface area (Å²) in [5, 5.41) is 0. The van der Waals surface area contributed by atoms with Gasteiger partial charge in [-0.15, -0.1) is 0 Å². The second kappa shape index (κ2) is 4.77. The third-order valence-electron chi connectivity index (χ3n) is 2.52. The third kappa shape index (κ3) is 3.64. The Morgan fingerprint density at radius 1 is 1.27 bits per heavy atom. The minimum Gasteiger partial charge on any atom is -0.213 e. The summed E-state index contributed by atoms with van der Waals surface area (Å²) in [6.45, 7) is 1.91. The van der Waals surface area contributed by atoms with E-state index in [1.807, 2.05) is 37.3 Å². The molecule has 3 nitrogen and oxygen atoms in total. The smallest absolute Gasteiger partial charge is 0.211 e. The molecule has 0 spiro atoms. The summed E-state index contributed by atoms with van der Waals surface area (Å²) in [6.07, 6.45) is 1.97. The zero-order valence-corrected chi connectivity index (χ0v) is 10.2. The number of hydrogen-bond donors (Lipinski definition) is 0. The number of sulfonamides is 1. The fraction of sp³-hybridized carbons (Fsp3) is 0.455. The molecule has 15 heavy (non-hydrogen) atoms. The Morgan fingerprint density at radius 3 is 2.27 bits per heavy atom. The van der Waals surface area contributed by atoms with Crippen molar-refractivity contribution in [1.82, 2.24) is 4.31 Å². The molecule has 0 aliphatic carbocycles. The van der Waals surface area contributed by atoms with Gasteiger partial charge in [0, 0.05) is 13.1 Å². The van der Waals surface area contributed by atoms with Crippen molar-refractivity contribution in [1.29, 1.82) is 0 Å². The van der Waals surface area contributed by atoms with Gasteiger partial charge in [0.2, 0.25) is 10.0 Å². The molecule has 0 radical (unpaired) electrons. The lowest BCUT2D eigenvalue weighted by molar-refractivity contribution is 0.390. The van der Waals surface area contributed by atoms with Gasteiger partial charge in [0.15, 0.2) is 0 Å². The standard InChI is InChI=1S/C11H17NO2S/c1-10(12(2)15(3,13)14)9-11-7-5-4-6-8-11/h4-8,10H,9H2,1-3H3/t10-/m1/s1. The maximum Gasteiger partial charge on any atom is 0.211 e. The zero-order valence-electron chi connectivity index (χ0n) is 9.34. The largest absolute Gasteiger partial charge is 0.213 e. The van der Waals surface area contributed by atoms with E-state index in [-0.39, 0.29) is 6.04 Å². The van der Waals surface area contributed by atoms with Gasteiger partial charge in [0.1, 0.15) is 0 Å². The average molecular weight is 227 g/mol. The van der Waals surface area contributed by atoms with Crippen LogP contribution in [0.2, 0.25) is 0 Å². The minimum atomic E-state index is -3.09. The van der Waals surface area contributed by atoms with Crippen LogP contribution < -0.4 is 0 Å². The van der Waals surface area contributed by atoms with Gasteiger partial charge in [0.05, 0.1) is 6.26 Å². The van der Waals surface area contributed by atoms with Crippen LogP contribution >= 0.6 is 0 Å². The second-order valence-electron chi connectivity index (χ2n) is 3.82. The molecule has 1 aromatic carbocycles. The van der Waals surface area contributed by atoms with Gasteiger partial charge in [0.25, 0.3) is 0 Å². The monoisotopic (exact) mass is 227 g/mol. The fourth-order valence-electron chi connectivity index (χ4n) is 1.41. The van der Waals surface area contributed by atoms with Crippen molar-refractivity contribution in [3.8, 4) is 0 Å². The lowest BCUT2D eigenvalue weighted by Crippen LogP contribution is -2.35. The predicted octanol–water partition coefficient (Wildman–Crippen LogP) is 1.51. The first-order valence-electron chi connectivity index (χ1n) is 4.88. The van der Waals surface area contributed by atoms with Gasteiger partial charge in [-0.05, 0) is 18.9 Å². The van der Waals surface area contributed by atoms with E-state index in [1.165, 1.54) is 10.6 Å². The molecule has 1 atom stereocenters. The van der Waals surface area contributed by atoms with Crippen molar-refractivity contribution in [2.45, 2.75) is 19.4 Å². The molecule has 1 rings (SSSR count). The van der Waals surface area contributed by atoms with E-state index < -0.39 is 10.0 Å². The van der Waals surface area contributed by atoms with Crippen LogP contribution in [0.4, 0.5) is 0 Å². The Hall–Kier alpha value is -0.870. The summed E-state index contributed by atoms with van der Waals surface area (Å²) in [5.74, 6) is 0. The van der Waals surface area contributed by atoms with Crippen molar-refractivity contribution >= 4 is 10.0 Å². The van der Waals surface area contributed by atoms with Gasteiger partial charge in [-0.2, -0.15) is 0 Å². The summed E-state index contributed by atoms with van der Waals surface area (Å²) >= 11 is 0. The molecule has 0 heterocycles. The van der Waals surface area contributed by atoms with Gasteiger partial charge < -0.3 is 0 Å². The summed E-state index contributed by atoms with van der Waals surface area (Å²) in [5.41, 5.74) is 1.15. The van der Waals surface area contributed by atoms with Crippen LogP contribution in [0.5, 0.6) is 0 Å². The molecule has 0 bridgehead atoms. The van der Waals surface area contributed by atoms with Crippen LogP contribution in [0.15, 0.2) is 30.3 Å². The molecule has 0 aliphatic rings. The highest BCUT2D eigenvalue weighted by molar-refractivity contribution is 7.88. The summed E-state index contributed by atoms with van der Waals surface area (Å²) in [7, 11) is -1.47. The van der Waals surface area contributed by atoms with E-state index >= 15 is 0 Å². The Bertz CT molecular complexity index is 400.